The molecule has 0 aliphatic carbocycles. The van der Waals surface area contributed by atoms with Gasteiger partial charge in [0.05, 0.1) is 18.3 Å². The largest absolute Gasteiger partial charge is 0.466 e. The Labute approximate surface area is 158 Å². The fraction of sp³-hybridized carbons (Fsp3) is 0.467. The number of anilines is 1. The molecular formula is C15H19N5O4S2. The number of carbonyl (C=O) groups is 2. The highest BCUT2D eigenvalue weighted by molar-refractivity contribution is 8.00. The van der Waals surface area contributed by atoms with Gasteiger partial charge >= 0.3 is 5.97 Å². The number of aromatic nitrogens is 4. The van der Waals surface area contributed by atoms with E-state index in [-0.39, 0.29) is 17.9 Å². The molecule has 26 heavy (non-hydrogen) atoms. The number of aryl methyl sites for hydroxylation is 1. The molecule has 2 N–H and O–H groups in total. The van der Waals surface area contributed by atoms with Gasteiger partial charge in [0, 0.05) is 11.8 Å². The van der Waals surface area contributed by atoms with Crippen molar-refractivity contribution in [2.45, 2.75) is 44.0 Å². The van der Waals surface area contributed by atoms with Crippen LogP contribution in [0.2, 0.25) is 0 Å². The Morgan fingerprint density at radius 3 is 2.81 bits per heavy atom. The van der Waals surface area contributed by atoms with Crippen molar-refractivity contribution in [2.75, 3.05) is 11.9 Å². The molecule has 11 heteroatoms. The van der Waals surface area contributed by atoms with Crippen LogP contribution in [-0.4, -0.2) is 43.9 Å². The molecule has 2 aromatic heterocycles. The highest BCUT2D eigenvalue weighted by Crippen LogP contribution is 2.24. The van der Waals surface area contributed by atoms with E-state index in [1.165, 1.54) is 17.8 Å². The molecule has 0 aromatic carbocycles. The third kappa shape index (κ3) is 5.92. The standard InChI is InChI=1S/C15H19N5O4S2/c1-4-9(25-14-16-8(3)6-10(21)17-14)13(23)18-15-20-19-11(26-15)7-12(22)24-5-2/h6,9H,4-5,7H2,1-3H3,(H,16,17,21)(H,18,20,23)/t9-/m1/s1. The second-order valence-electron chi connectivity index (χ2n) is 5.18. The van der Waals surface area contributed by atoms with E-state index in [2.05, 4.69) is 25.5 Å². The average molecular weight is 397 g/mol. The zero-order valence-electron chi connectivity index (χ0n) is 14.6. The van der Waals surface area contributed by atoms with Crippen LogP contribution < -0.4 is 10.9 Å². The fourth-order valence-corrected chi connectivity index (χ4v) is 3.65. The van der Waals surface area contributed by atoms with E-state index in [9.17, 15) is 14.4 Å². The monoisotopic (exact) mass is 397 g/mol. The lowest BCUT2D eigenvalue weighted by molar-refractivity contribution is -0.142. The van der Waals surface area contributed by atoms with Gasteiger partial charge in [0.1, 0.15) is 5.01 Å². The predicted molar refractivity (Wildman–Crippen MR) is 98.4 cm³/mol. The van der Waals surface area contributed by atoms with Gasteiger partial charge in [0.25, 0.3) is 5.56 Å². The minimum Gasteiger partial charge on any atom is -0.466 e. The summed E-state index contributed by atoms with van der Waals surface area (Å²) in [6, 6.07) is 1.39. The molecule has 2 aromatic rings. The first-order valence-corrected chi connectivity index (χ1v) is 9.64. The molecule has 2 heterocycles. The third-order valence-electron chi connectivity index (χ3n) is 3.06. The van der Waals surface area contributed by atoms with E-state index >= 15 is 0 Å². The molecule has 9 nitrogen and oxygen atoms in total. The number of carbonyl (C=O) groups excluding carboxylic acids is 2. The topological polar surface area (TPSA) is 127 Å². The maximum Gasteiger partial charge on any atom is 0.312 e. The number of amides is 1. The smallest absolute Gasteiger partial charge is 0.312 e. The van der Waals surface area contributed by atoms with E-state index in [0.29, 0.717) is 34.0 Å². The SMILES string of the molecule is CCOC(=O)Cc1nnc(NC(=O)[C@@H](CC)Sc2nc(C)cc(=O)[nH]2)s1. The molecule has 0 bridgehead atoms. The molecule has 140 valence electrons. The molecule has 0 aliphatic rings. The number of nitrogens with zero attached hydrogens (tertiary/aromatic N) is 3. The van der Waals surface area contributed by atoms with Gasteiger partial charge in [-0.05, 0) is 20.3 Å². The molecular weight excluding hydrogens is 378 g/mol. The Kier molecular flexibility index (Phi) is 7.27. The molecule has 1 atom stereocenters. The molecule has 0 spiro atoms. The second kappa shape index (κ2) is 9.43. The number of thioether (sulfide) groups is 1. The van der Waals surface area contributed by atoms with E-state index in [1.807, 2.05) is 6.92 Å². The van der Waals surface area contributed by atoms with Gasteiger partial charge in [-0.3, -0.25) is 19.7 Å². The summed E-state index contributed by atoms with van der Waals surface area (Å²) in [6.45, 7) is 5.60. The van der Waals surface area contributed by atoms with E-state index in [0.717, 1.165) is 11.3 Å². The highest BCUT2D eigenvalue weighted by Gasteiger charge is 2.21. The van der Waals surface area contributed by atoms with Crippen LogP contribution in [-0.2, 0) is 20.7 Å². The Hall–Kier alpha value is -2.27. The van der Waals surface area contributed by atoms with Crippen molar-refractivity contribution in [1.82, 2.24) is 20.2 Å². The van der Waals surface area contributed by atoms with Crippen LogP contribution in [0.3, 0.4) is 0 Å². The van der Waals surface area contributed by atoms with Crippen LogP contribution in [0.15, 0.2) is 16.0 Å². The van der Waals surface area contributed by atoms with Crippen LogP contribution in [0.5, 0.6) is 0 Å². The van der Waals surface area contributed by atoms with E-state index in [4.69, 9.17) is 4.74 Å². The number of ether oxygens (including phenoxy) is 1. The normalized spacial score (nSPS) is 11.8. The van der Waals surface area contributed by atoms with Gasteiger partial charge in [-0.25, -0.2) is 4.98 Å². The third-order valence-corrected chi connectivity index (χ3v) is 5.15. The summed E-state index contributed by atoms with van der Waals surface area (Å²) in [5, 5.41) is 11.1. The zero-order chi connectivity index (χ0) is 19.1. The molecule has 0 saturated carbocycles. The van der Waals surface area contributed by atoms with Crippen LogP contribution >= 0.6 is 23.1 Å². The molecule has 0 saturated heterocycles. The van der Waals surface area contributed by atoms with Crippen LogP contribution in [0.25, 0.3) is 0 Å². The van der Waals surface area contributed by atoms with Crippen molar-refractivity contribution >= 4 is 40.1 Å². The lowest BCUT2D eigenvalue weighted by Gasteiger charge is -2.12. The fourth-order valence-electron chi connectivity index (χ4n) is 1.96. The number of nitrogens with one attached hydrogen (secondary N) is 2. The van der Waals surface area contributed by atoms with Crippen molar-refractivity contribution in [3.63, 3.8) is 0 Å². The van der Waals surface area contributed by atoms with Crippen molar-refractivity contribution < 1.29 is 14.3 Å². The number of esters is 1. The minimum absolute atomic E-state index is 0.0157. The Balaban J connectivity index is 1.99. The first-order valence-electron chi connectivity index (χ1n) is 7.94. The lowest BCUT2D eigenvalue weighted by Crippen LogP contribution is -2.25. The average Bonchev–Trinajstić information content (AvgIpc) is 2.98. The quantitative estimate of drug-likeness (QED) is 0.390. The number of rotatable bonds is 8. The minimum atomic E-state index is -0.461. The number of H-pyrrole nitrogens is 1. The number of aromatic amines is 1. The second-order valence-corrected chi connectivity index (χ2v) is 7.43. The van der Waals surface area contributed by atoms with Gasteiger partial charge in [0.15, 0.2) is 5.16 Å². The van der Waals surface area contributed by atoms with Crippen LogP contribution in [0.4, 0.5) is 5.13 Å². The molecule has 0 radical (unpaired) electrons. The molecule has 0 aliphatic heterocycles. The Morgan fingerprint density at radius 1 is 1.38 bits per heavy atom. The summed E-state index contributed by atoms with van der Waals surface area (Å²) in [4.78, 5) is 42.2. The molecule has 1 amide bonds. The van der Waals surface area contributed by atoms with Crippen LogP contribution in [0.1, 0.15) is 31.0 Å². The van der Waals surface area contributed by atoms with Crippen molar-refractivity contribution in [3.8, 4) is 0 Å². The van der Waals surface area contributed by atoms with Crippen molar-refractivity contribution in [3.05, 3.63) is 27.1 Å². The predicted octanol–water partition coefficient (Wildman–Crippen LogP) is 1.54. The van der Waals surface area contributed by atoms with Gasteiger partial charge in [-0.15, -0.1) is 10.2 Å². The Bertz CT molecular complexity index is 835. The summed E-state index contributed by atoms with van der Waals surface area (Å²) in [5.74, 6) is -0.668. The van der Waals surface area contributed by atoms with Crippen molar-refractivity contribution in [1.29, 1.82) is 0 Å². The summed E-state index contributed by atoms with van der Waals surface area (Å²) in [7, 11) is 0. The van der Waals surface area contributed by atoms with Gasteiger partial charge in [-0.2, -0.15) is 0 Å². The van der Waals surface area contributed by atoms with Gasteiger partial charge in [-0.1, -0.05) is 30.0 Å². The zero-order valence-corrected chi connectivity index (χ0v) is 16.2. The summed E-state index contributed by atoms with van der Waals surface area (Å²) >= 11 is 2.29. The van der Waals surface area contributed by atoms with Crippen molar-refractivity contribution in [2.24, 2.45) is 0 Å². The first kappa shape index (κ1) is 20.0. The lowest BCUT2D eigenvalue weighted by atomic mass is 10.3. The highest BCUT2D eigenvalue weighted by atomic mass is 32.2. The molecule has 0 fully saturated rings. The van der Waals surface area contributed by atoms with Crippen LogP contribution in [0, 0.1) is 6.92 Å². The molecule has 2 rings (SSSR count). The number of hydrogen-bond donors (Lipinski definition) is 2. The summed E-state index contributed by atoms with van der Waals surface area (Å²) in [5.41, 5.74) is 0.322. The Morgan fingerprint density at radius 2 is 2.15 bits per heavy atom. The number of hydrogen-bond acceptors (Lipinski definition) is 9. The maximum absolute atomic E-state index is 12.4. The first-order chi connectivity index (χ1) is 12.4. The van der Waals surface area contributed by atoms with E-state index < -0.39 is 11.2 Å². The van der Waals surface area contributed by atoms with E-state index in [1.54, 1.807) is 13.8 Å². The maximum atomic E-state index is 12.4. The summed E-state index contributed by atoms with van der Waals surface area (Å²) < 4.78 is 4.85. The summed E-state index contributed by atoms with van der Waals surface area (Å²) in [6.07, 6.45) is 0.546. The van der Waals surface area contributed by atoms with Gasteiger partial charge in [0.2, 0.25) is 11.0 Å². The van der Waals surface area contributed by atoms with Gasteiger partial charge < -0.3 is 9.72 Å². The molecule has 0 unspecified atom stereocenters.